The summed E-state index contributed by atoms with van der Waals surface area (Å²) in [6.45, 7) is 10.6. The van der Waals surface area contributed by atoms with E-state index in [4.69, 9.17) is 5.73 Å². The van der Waals surface area contributed by atoms with Crippen LogP contribution in [0.15, 0.2) is 0 Å². The van der Waals surface area contributed by atoms with Crippen LogP contribution in [0.25, 0.3) is 0 Å². The van der Waals surface area contributed by atoms with E-state index in [9.17, 15) is 4.79 Å². The zero-order valence-corrected chi connectivity index (χ0v) is 11.3. The van der Waals surface area contributed by atoms with Crippen molar-refractivity contribution < 1.29 is 4.79 Å². The zero-order chi connectivity index (χ0) is 12.7. The lowest BCUT2D eigenvalue weighted by atomic mass is 9.94. The van der Waals surface area contributed by atoms with Crippen LogP contribution in [0.5, 0.6) is 0 Å². The fraction of sp³-hybridized carbons (Fsp3) is 0.923. The topological polar surface area (TPSA) is 49.6 Å². The van der Waals surface area contributed by atoms with Crippen LogP contribution in [-0.2, 0) is 4.79 Å². The molecular weight excluding hydrogens is 214 g/mol. The van der Waals surface area contributed by atoms with Crippen molar-refractivity contribution in [2.75, 3.05) is 32.7 Å². The second-order valence-electron chi connectivity index (χ2n) is 6.68. The van der Waals surface area contributed by atoms with Gasteiger partial charge in [0.2, 0.25) is 5.91 Å². The second-order valence-corrected chi connectivity index (χ2v) is 6.68. The summed E-state index contributed by atoms with van der Waals surface area (Å²) in [5.41, 5.74) is 5.96. The predicted octanol–water partition coefficient (Wildman–Crippen LogP) is 0.668. The third-order valence-electron chi connectivity index (χ3n) is 3.73. The molecule has 0 unspecified atom stereocenters. The van der Waals surface area contributed by atoms with Gasteiger partial charge in [-0.2, -0.15) is 0 Å². The van der Waals surface area contributed by atoms with Crippen molar-refractivity contribution in [1.82, 2.24) is 9.80 Å². The average molecular weight is 239 g/mol. The van der Waals surface area contributed by atoms with Gasteiger partial charge in [0, 0.05) is 43.7 Å². The highest BCUT2D eigenvalue weighted by atomic mass is 16.2. The van der Waals surface area contributed by atoms with E-state index in [2.05, 4.69) is 4.90 Å². The summed E-state index contributed by atoms with van der Waals surface area (Å²) in [5.74, 6) is 0.269. The molecule has 0 radical (unpaired) electrons. The van der Waals surface area contributed by atoms with Crippen LogP contribution >= 0.6 is 0 Å². The molecule has 1 aliphatic heterocycles. The molecule has 2 N–H and O–H groups in total. The van der Waals surface area contributed by atoms with Gasteiger partial charge in [-0.1, -0.05) is 20.8 Å². The number of nitrogens with zero attached hydrogens (tertiary/aromatic N) is 2. The molecule has 1 amide bonds. The number of hydrogen-bond acceptors (Lipinski definition) is 3. The molecule has 0 bridgehead atoms. The van der Waals surface area contributed by atoms with Crippen LogP contribution in [0.4, 0.5) is 0 Å². The van der Waals surface area contributed by atoms with Crippen LogP contribution in [0, 0.1) is 5.41 Å². The molecule has 17 heavy (non-hydrogen) atoms. The lowest BCUT2D eigenvalue weighted by Crippen LogP contribution is -2.54. The zero-order valence-electron chi connectivity index (χ0n) is 11.3. The van der Waals surface area contributed by atoms with Crippen molar-refractivity contribution in [1.29, 1.82) is 0 Å². The lowest BCUT2D eigenvalue weighted by molar-refractivity contribution is -0.141. The van der Waals surface area contributed by atoms with E-state index in [1.165, 1.54) is 0 Å². The highest BCUT2D eigenvalue weighted by Gasteiger charge is 2.40. The standard InChI is InChI=1S/C13H25N3O/c1-12(2,3)11(17)16-8-6-15(7-9-16)10-13(14)4-5-13/h4-10,14H2,1-3H3. The second kappa shape index (κ2) is 4.25. The molecule has 0 aromatic heterocycles. The Morgan fingerprint density at radius 3 is 2.12 bits per heavy atom. The number of carbonyl (C=O) groups excluding carboxylic acids is 1. The van der Waals surface area contributed by atoms with Gasteiger partial charge in [-0.3, -0.25) is 9.69 Å². The Morgan fingerprint density at radius 1 is 1.18 bits per heavy atom. The maximum absolute atomic E-state index is 12.1. The van der Waals surface area contributed by atoms with Crippen molar-refractivity contribution in [2.24, 2.45) is 11.1 Å². The summed E-state index contributed by atoms with van der Waals surface area (Å²) in [6.07, 6.45) is 2.32. The van der Waals surface area contributed by atoms with Crippen molar-refractivity contribution in [3.63, 3.8) is 0 Å². The first-order chi connectivity index (χ1) is 7.80. The van der Waals surface area contributed by atoms with Gasteiger partial charge in [-0.25, -0.2) is 0 Å². The number of rotatable bonds is 2. The fourth-order valence-corrected chi connectivity index (χ4v) is 2.35. The maximum Gasteiger partial charge on any atom is 0.228 e. The molecule has 2 fully saturated rings. The molecule has 1 heterocycles. The van der Waals surface area contributed by atoms with Gasteiger partial charge in [0.15, 0.2) is 0 Å². The van der Waals surface area contributed by atoms with E-state index in [-0.39, 0.29) is 16.9 Å². The van der Waals surface area contributed by atoms with Gasteiger partial charge < -0.3 is 10.6 Å². The van der Waals surface area contributed by atoms with Crippen molar-refractivity contribution in [2.45, 2.75) is 39.2 Å². The third-order valence-corrected chi connectivity index (χ3v) is 3.73. The van der Waals surface area contributed by atoms with Gasteiger partial charge in [0.25, 0.3) is 0 Å². The summed E-state index contributed by atoms with van der Waals surface area (Å²) in [7, 11) is 0. The number of piperazine rings is 1. The Hall–Kier alpha value is -0.610. The summed E-state index contributed by atoms with van der Waals surface area (Å²) >= 11 is 0. The Kier molecular flexibility index (Phi) is 3.21. The van der Waals surface area contributed by atoms with E-state index >= 15 is 0 Å². The first-order valence-electron chi connectivity index (χ1n) is 6.61. The van der Waals surface area contributed by atoms with Crippen molar-refractivity contribution in [3.8, 4) is 0 Å². The molecular formula is C13H25N3O. The SMILES string of the molecule is CC(C)(C)C(=O)N1CCN(CC2(N)CC2)CC1. The van der Waals surface area contributed by atoms with Gasteiger partial charge in [-0.15, -0.1) is 0 Å². The van der Waals surface area contributed by atoms with Crippen LogP contribution in [0.3, 0.4) is 0 Å². The van der Waals surface area contributed by atoms with E-state index < -0.39 is 0 Å². The average Bonchev–Trinajstić information content (AvgIpc) is 2.95. The van der Waals surface area contributed by atoms with Crippen LogP contribution in [0.1, 0.15) is 33.6 Å². The molecule has 0 aromatic rings. The molecule has 0 atom stereocenters. The van der Waals surface area contributed by atoms with Crippen LogP contribution in [-0.4, -0.2) is 54.0 Å². The van der Waals surface area contributed by atoms with Crippen LogP contribution in [0.2, 0.25) is 0 Å². The normalized spacial score (nSPS) is 24.8. The summed E-state index contributed by atoms with van der Waals surface area (Å²) in [5, 5.41) is 0. The summed E-state index contributed by atoms with van der Waals surface area (Å²) < 4.78 is 0. The largest absolute Gasteiger partial charge is 0.340 e. The molecule has 2 aliphatic rings. The molecule has 4 nitrogen and oxygen atoms in total. The number of amides is 1. The molecule has 98 valence electrons. The highest BCUT2D eigenvalue weighted by Crippen LogP contribution is 2.33. The fourth-order valence-electron chi connectivity index (χ4n) is 2.35. The molecule has 2 rings (SSSR count). The predicted molar refractivity (Wildman–Crippen MR) is 68.6 cm³/mol. The minimum atomic E-state index is -0.256. The summed E-state index contributed by atoms with van der Waals surface area (Å²) in [6, 6.07) is 0. The van der Waals surface area contributed by atoms with Gasteiger partial charge in [-0.05, 0) is 12.8 Å². The lowest BCUT2D eigenvalue weighted by Gasteiger charge is -2.38. The minimum Gasteiger partial charge on any atom is -0.340 e. The van der Waals surface area contributed by atoms with Crippen molar-refractivity contribution in [3.05, 3.63) is 0 Å². The Morgan fingerprint density at radius 2 is 1.71 bits per heavy atom. The smallest absolute Gasteiger partial charge is 0.228 e. The first-order valence-corrected chi connectivity index (χ1v) is 6.61. The van der Waals surface area contributed by atoms with Gasteiger partial charge >= 0.3 is 0 Å². The van der Waals surface area contributed by atoms with E-state index in [0.717, 1.165) is 45.6 Å². The van der Waals surface area contributed by atoms with Crippen molar-refractivity contribution >= 4 is 5.91 Å². The minimum absolute atomic E-state index is 0.0935. The van der Waals surface area contributed by atoms with E-state index in [0.29, 0.717) is 0 Å². The Bertz CT molecular complexity index is 296. The monoisotopic (exact) mass is 239 g/mol. The molecule has 0 spiro atoms. The maximum atomic E-state index is 12.1. The first kappa shape index (κ1) is 12.8. The summed E-state index contributed by atoms with van der Waals surface area (Å²) in [4.78, 5) is 16.5. The Balaban J connectivity index is 1.79. The van der Waals surface area contributed by atoms with Crippen LogP contribution < -0.4 is 5.73 Å². The van der Waals surface area contributed by atoms with E-state index in [1.54, 1.807) is 0 Å². The Labute approximate surface area is 104 Å². The van der Waals surface area contributed by atoms with Gasteiger partial charge in [0.1, 0.15) is 0 Å². The highest BCUT2D eigenvalue weighted by molar-refractivity contribution is 5.81. The molecule has 0 aromatic carbocycles. The quantitative estimate of drug-likeness (QED) is 0.770. The molecule has 1 saturated heterocycles. The molecule has 4 heteroatoms. The number of nitrogens with two attached hydrogens (primary N) is 1. The third kappa shape index (κ3) is 3.19. The molecule has 1 aliphatic carbocycles. The molecule has 1 saturated carbocycles. The number of carbonyl (C=O) groups is 1. The van der Waals surface area contributed by atoms with E-state index in [1.807, 2.05) is 25.7 Å². The number of hydrogen-bond donors (Lipinski definition) is 1. The van der Waals surface area contributed by atoms with Gasteiger partial charge in [0.05, 0.1) is 0 Å².